The van der Waals surface area contributed by atoms with Gasteiger partial charge in [-0.05, 0) is 57.4 Å². The molecule has 0 bridgehead atoms. The van der Waals surface area contributed by atoms with Crippen molar-refractivity contribution in [1.82, 2.24) is 19.5 Å². The fourth-order valence-corrected chi connectivity index (χ4v) is 5.34. The van der Waals surface area contributed by atoms with Crippen molar-refractivity contribution in [3.8, 4) is 6.07 Å². The Labute approximate surface area is 215 Å². The van der Waals surface area contributed by atoms with E-state index in [0.29, 0.717) is 16.6 Å². The van der Waals surface area contributed by atoms with Crippen LogP contribution in [0.1, 0.15) is 64.1 Å². The van der Waals surface area contributed by atoms with E-state index in [2.05, 4.69) is 26.2 Å². The number of anilines is 2. The molecule has 1 aromatic carbocycles. The summed E-state index contributed by atoms with van der Waals surface area (Å²) in [7, 11) is 0. The van der Waals surface area contributed by atoms with E-state index in [9.17, 15) is 27.8 Å². The van der Waals surface area contributed by atoms with Gasteiger partial charge in [-0.25, -0.2) is 0 Å². The molecule has 1 saturated carbocycles. The normalized spacial score (nSPS) is 20.4. The van der Waals surface area contributed by atoms with Crippen molar-refractivity contribution in [3.63, 3.8) is 0 Å². The first-order chi connectivity index (χ1) is 17.4. The molecule has 0 saturated heterocycles. The highest BCUT2D eigenvalue weighted by Gasteiger charge is 2.45. The highest BCUT2D eigenvalue weighted by Crippen LogP contribution is 2.38. The van der Waals surface area contributed by atoms with E-state index < -0.39 is 28.3 Å². The quantitative estimate of drug-likeness (QED) is 0.365. The summed E-state index contributed by atoms with van der Waals surface area (Å²) in [4.78, 5) is 15.3. The smallest absolute Gasteiger partial charge is 0.412 e. The summed E-state index contributed by atoms with van der Waals surface area (Å²) >= 11 is -1.93. The maximum absolute atomic E-state index is 13.8. The number of nitrogens with zero attached hydrogens (tertiary/aromatic N) is 3. The number of halogens is 3. The third-order valence-electron chi connectivity index (χ3n) is 6.45. The number of nitriles is 1. The van der Waals surface area contributed by atoms with Gasteiger partial charge < -0.3 is 14.9 Å². The minimum absolute atomic E-state index is 0.0945. The van der Waals surface area contributed by atoms with Gasteiger partial charge in [0.25, 0.3) is 5.56 Å². The summed E-state index contributed by atoms with van der Waals surface area (Å²) < 4.78 is 56.7. The minimum atomic E-state index is -4.66. The number of aromatic nitrogens is 3. The van der Waals surface area contributed by atoms with E-state index in [1.165, 1.54) is 30.5 Å². The molecule has 37 heavy (non-hydrogen) atoms. The lowest BCUT2D eigenvalue weighted by Gasteiger charge is -2.29. The molecule has 8 nitrogen and oxygen atoms in total. The van der Waals surface area contributed by atoms with Crippen LogP contribution in [0.4, 0.5) is 24.7 Å². The molecule has 12 heteroatoms. The zero-order valence-electron chi connectivity index (χ0n) is 20.7. The number of nitrogens with one attached hydrogen (secondary N) is 3. The van der Waals surface area contributed by atoms with E-state index in [1.807, 2.05) is 0 Å². The molecule has 1 unspecified atom stereocenters. The first-order valence-corrected chi connectivity index (χ1v) is 13.2. The Morgan fingerprint density at radius 2 is 1.86 bits per heavy atom. The van der Waals surface area contributed by atoms with Gasteiger partial charge in [0.2, 0.25) is 0 Å². The second kappa shape index (κ2) is 10.4. The van der Waals surface area contributed by atoms with Crippen LogP contribution in [0.25, 0.3) is 10.9 Å². The van der Waals surface area contributed by atoms with Crippen molar-refractivity contribution in [2.45, 2.75) is 69.5 Å². The molecule has 1 aliphatic rings. The summed E-state index contributed by atoms with van der Waals surface area (Å²) in [5.41, 5.74) is 0.555. The summed E-state index contributed by atoms with van der Waals surface area (Å²) in [6.45, 7) is 4.77. The maximum atomic E-state index is 13.8. The Morgan fingerprint density at radius 1 is 1.19 bits per heavy atom. The number of hydrogen-bond acceptors (Lipinski definition) is 6. The predicted molar refractivity (Wildman–Crippen MR) is 137 cm³/mol. The number of fused-ring (bicyclic) bond motifs is 1. The molecule has 3 aromatic rings. The van der Waals surface area contributed by atoms with Crippen LogP contribution >= 0.6 is 0 Å². The lowest BCUT2D eigenvalue weighted by molar-refractivity contribution is -0.153. The monoisotopic (exact) mass is 534 g/mol. The number of H-pyrrole nitrogens is 1. The highest BCUT2D eigenvalue weighted by atomic mass is 32.2. The second-order valence-corrected chi connectivity index (χ2v) is 12.2. The second-order valence-electron chi connectivity index (χ2n) is 10.2. The van der Waals surface area contributed by atoms with Gasteiger partial charge in [0.15, 0.2) is 11.9 Å². The molecule has 4 atom stereocenters. The van der Waals surface area contributed by atoms with Crippen molar-refractivity contribution < 1.29 is 17.7 Å². The average molecular weight is 535 g/mol. The van der Waals surface area contributed by atoms with Crippen LogP contribution in [-0.2, 0) is 11.4 Å². The van der Waals surface area contributed by atoms with Gasteiger partial charge in [-0.3, -0.25) is 9.48 Å². The molecule has 198 valence electrons. The van der Waals surface area contributed by atoms with E-state index >= 15 is 0 Å². The van der Waals surface area contributed by atoms with Crippen LogP contribution in [0.3, 0.4) is 0 Å². The van der Waals surface area contributed by atoms with Gasteiger partial charge in [-0.1, -0.05) is 25.0 Å². The van der Waals surface area contributed by atoms with E-state index in [1.54, 1.807) is 31.5 Å². The van der Waals surface area contributed by atoms with E-state index in [-0.39, 0.29) is 28.9 Å². The molecule has 2 heterocycles. The van der Waals surface area contributed by atoms with E-state index in [4.69, 9.17) is 0 Å². The van der Waals surface area contributed by atoms with Crippen molar-refractivity contribution in [2.24, 2.45) is 5.92 Å². The highest BCUT2D eigenvalue weighted by molar-refractivity contribution is 7.90. The van der Waals surface area contributed by atoms with Crippen LogP contribution in [0.15, 0.2) is 41.3 Å². The van der Waals surface area contributed by atoms with Crippen molar-refractivity contribution >= 4 is 33.8 Å². The Morgan fingerprint density at radius 3 is 2.49 bits per heavy atom. The van der Waals surface area contributed by atoms with Gasteiger partial charge in [0.1, 0.15) is 10.1 Å². The number of benzene rings is 1. The van der Waals surface area contributed by atoms with Gasteiger partial charge in [-0.2, -0.15) is 23.5 Å². The molecule has 1 fully saturated rings. The molecule has 2 aromatic heterocycles. The zero-order valence-corrected chi connectivity index (χ0v) is 21.5. The summed E-state index contributed by atoms with van der Waals surface area (Å²) in [5.74, 6) is 0.0277. The van der Waals surface area contributed by atoms with Crippen LogP contribution in [0.2, 0.25) is 0 Å². The summed E-state index contributed by atoms with van der Waals surface area (Å²) in [6.07, 6.45) is 0.296. The Balaban J connectivity index is 1.65. The van der Waals surface area contributed by atoms with Crippen LogP contribution in [0, 0.1) is 17.2 Å². The molecule has 4 rings (SSSR count). The van der Waals surface area contributed by atoms with Gasteiger partial charge in [-0.15, -0.1) is 4.72 Å². The van der Waals surface area contributed by atoms with Gasteiger partial charge in [0, 0.05) is 23.2 Å². The van der Waals surface area contributed by atoms with Gasteiger partial charge >= 0.3 is 6.18 Å². The Bertz CT molecular complexity index is 1340. The minimum Gasteiger partial charge on any atom is -0.598 e. The maximum Gasteiger partial charge on any atom is 0.412 e. The van der Waals surface area contributed by atoms with Crippen molar-refractivity contribution in [1.29, 1.82) is 5.26 Å². The molecule has 0 spiro atoms. The number of pyridine rings is 1. The van der Waals surface area contributed by atoms with Crippen LogP contribution in [-0.4, -0.2) is 30.2 Å². The lowest BCUT2D eigenvalue weighted by atomic mass is 9.85. The fraction of sp³-hybridized carbons (Fsp3) is 0.480. The average Bonchev–Trinajstić information content (AvgIpc) is 3.21. The molecule has 0 aliphatic heterocycles. The Hall–Kier alpha value is -3.01. The molecule has 0 amide bonds. The largest absolute Gasteiger partial charge is 0.598 e. The molecule has 0 radical (unpaired) electrons. The molecular formula is C25H29F3N6O2S. The molecular weight excluding hydrogens is 505 g/mol. The summed E-state index contributed by atoms with van der Waals surface area (Å²) in [5, 5.41) is 17.6. The van der Waals surface area contributed by atoms with Crippen molar-refractivity contribution in [3.05, 3.63) is 52.4 Å². The topological polar surface area (TPSA) is 122 Å². The number of rotatable bonds is 6. The summed E-state index contributed by atoms with van der Waals surface area (Å²) in [6, 6.07) is 7.30. The standard InChI is InChI=1S/C25H29F3N6O2S/c1-24(2,3)37(36)33-21(25(26,27)28)15-8-10-17(11-9-15)31-22-20-19(12-13-30-23(20)35)34(32-22)18-7-5-4-6-16(18)14-29/h8-13,16,18,21,33H,4-7H2,1-3H3,(H,30,35)(H,31,32)/t16-,18+,21-,37?/m1/s1. The molecule has 1 aliphatic carbocycles. The van der Waals surface area contributed by atoms with Crippen LogP contribution < -0.4 is 15.6 Å². The SMILES string of the molecule is CC(C)(C)[S+]([O-])N[C@H](c1ccc(Nc2nn([C@H]3CCCC[C@@H]3C#N)c3cc[nH]c(=O)c23)cc1)C(F)(F)F. The number of hydrogen-bond donors (Lipinski definition) is 3. The van der Waals surface area contributed by atoms with Crippen molar-refractivity contribution in [2.75, 3.05) is 5.32 Å². The number of aromatic amines is 1. The molecule has 3 N–H and O–H groups in total. The first-order valence-electron chi connectivity index (χ1n) is 12.0. The lowest BCUT2D eigenvalue weighted by Crippen LogP contribution is -2.45. The van der Waals surface area contributed by atoms with Gasteiger partial charge in [0.05, 0.1) is 23.5 Å². The zero-order chi connectivity index (χ0) is 27.0. The third kappa shape index (κ3) is 5.79. The first kappa shape index (κ1) is 27.0. The fourth-order valence-electron chi connectivity index (χ4n) is 4.50. The Kier molecular flexibility index (Phi) is 7.60. The van der Waals surface area contributed by atoms with Crippen LogP contribution in [0.5, 0.6) is 0 Å². The predicted octanol–water partition coefficient (Wildman–Crippen LogP) is 5.38. The third-order valence-corrected chi connectivity index (χ3v) is 8.02. The van der Waals surface area contributed by atoms with E-state index in [0.717, 1.165) is 25.7 Å². The number of alkyl halides is 3.